The zero-order valence-corrected chi connectivity index (χ0v) is 13.5. The van der Waals surface area contributed by atoms with Crippen LogP contribution in [0.1, 0.15) is 18.1 Å². The summed E-state index contributed by atoms with van der Waals surface area (Å²) in [5.41, 5.74) is 4.19. The lowest BCUT2D eigenvalue weighted by Gasteiger charge is -2.12. The summed E-state index contributed by atoms with van der Waals surface area (Å²) in [5.74, 6) is -0.332. The van der Waals surface area contributed by atoms with Gasteiger partial charge in [0.2, 0.25) is 0 Å². The van der Waals surface area contributed by atoms with Gasteiger partial charge >= 0.3 is 0 Å². The van der Waals surface area contributed by atoms with Crippen LogP contribution in [0.2, 0.25) is 0 Å². The molecule has 4 heteroatoms. The maximum atomic E-state index is 14.2. The van der Waals surface area contributed by atoms with Crippen LogP contribution in [0.25, 0.3) is 0 Å². The molecule has 22 heavy (non-hydrogen) atoms. The Balaban J connectivity index is 2.22. The largest absolute Gasteiger partial charge is 0.366 e. The van der Waals surface area contributed by atoms with E-state index in [1.807, 2.05) is 57.0 Å². The Hall–Kier alpha value is -2.36. The molecule has 1 N–H and O–H groups in total. The summed E-state index contributed by atoms with van der Waals surface area (Å²) in [6.07, 6.45) is 1.64. The average Bonchev–Trinajstić information content (AvgIpc) is 2.51. The Kier molecular flexibility index (Phi) is 5.15. The molecule has 3 nitrogen and oxygen atoms in total. The van der Waals surface area contributed by atoms with Crippen molar-refractivity contribution in [1.82, 2.24) is 4.90 Å². The molecule has 0 fully saturated rings. The molecule has 2 aromatic carbocycles. The van der Waals surface area contributed by atoms with E-state index < -0.39 is 0 Å². The topological polar surface area (TPSA) is 27.6 Å². The van der Waals surface area contributed by atoms with Gasteiger partial charge in [-0.3, -0.25) is 0 Å². The van der Waals surface area contributed by atoms with Crippen LogP contribution < -0.4 is 5.32 Å². The Morgan fingerprint density at radius 2 is 1.86 bits per heavy atom. The predicted molar refractivity (Wildman–Crippen MR) is 92.1 cm³/mol. The van der Waals surface area contributed by atoms with E-state index in [9.17, 15) is 4.39 Å². The van der Waals surface area contributed by atoms with E-state index in [0.29, 0.717) is 5.69 Å². The molecule has 0 saturated heterocycles. The van der Waals surface area contributed by atoms with Crippen molar-refractivity contribution >= 4 is 23.4 Å². The first kappa shape index (κ1) is 16.0. The molecule has 0 aromatic heterocycles. The van der Waals surface area contributed by atoms with Crippen molar-refractivity contribution in [2.45, 2.75) is 20.8 Å². The van der Waals surface area contributed by atoms with Crippen molar-refractivity contribution in [3.05, 3.63) is 53.3 Å². The lowest BCUT2D eigenvalue weighted by Crippen LogP contribution is -2.14. The van der Waals surface area contributed by atoms with E-state index in [2.05, 4.69) is 10.3 Å². The summed E-state index contributed by atoms with van der Waals surface area (Å²) >= 11 is 0. The van der Waals surface area contributed by atoms with Gasteiger partial charge in [-0.05, 0) is 50.6 Å². The number of hydrogen-bond donors (Lipinski definition) is 1. The van der Waals surface area contributed by atoms with E-state index in [-0.39, 0.29) is 5.82 Å². The Labute approximate surface area is 131 Å². The minimum Gasteiger partial charge on any atom is -0.366 e. The lowest BCUT2D eigenvalue weighted by atomic mass is 10.1. The molecule has 0 unspecified atom stereocenters. The van der Waals surface area contributed by atoms with E-state index >= 15 is 0 Å². The minimum atomic E-state index is -0.332. The van der Waals surface area contributed by atoms with Gasteiger partial charge < -0.3 is 10.2 Å². The number of rotatable bonds is 5. The van der Waals surface area contributed by atoms with Gasteiger partial charge in [-0.25, -0.2) is 9.38 Å². The molecule has 2 rings (SSSR count). The fourth-order valence-corrected chi connectivity index (χ4v) is 1.93. The summed E-state index contributed by atoms with van der Waals surface area (Å²) in [6, 6.07) is 11.3. The van der Waals surface area contributed by atoms with Gasteiger partial charge in [-0.2, -0.15) is 0 Å². The second-order valence-electron chi connectivity index (χ2n) is 5.43. The molecule has 0 aliphatic rings. The molecule has 0 heterocycles. The van der Waals surface area contributed by atoms with Crippen molar-refractivity contribution < 1.29 is 4.39 Å². The summed E-state index contributed by atoms with van der Waals surface area (Å²) < 4.78 is 14.2. The molecular formula is C18H22FN3. The molecule has 0 bridgehead atoms. The van der Waals surface area contributed by atoms with E-state index in [4.69, 9.17) is 0 Å². The molecule has 0 spiro atoms. The fraction of sp³-hybridized carbons (Fsp3) is 0.278. The lowest BCUT2D eigenvalue weighted by molar-refractivity contribution is 0.551. The zero-order valence-electron chi connectivity index (χ0n) is 13.5. The first-order valence-corrected chi connectivity index (χ1v) is 7.38. The van der Waals surface area contributed by atoms with Crippen LogP contribution in [0.3, 0.4) is 0 Å². The first-order valence-electron chi connectivity index (χ1n) is 7.38. The van der Waals surface area contributed by atoms with Gasteiger partial charge in [-0.15, -0.1) is 0 Å². The smallest absolute Gasteiger partial charge is 0.150 e. The molecule has 0 aliphatic carbocycles. The number of benzene rings is 2. The number of aliphatic imine (C=N–C) groups is 1. The Morgan fingerprint density at radius 3 is 2.50 bits per heavy atom. The number of nitrogens with zero attached hydrogens (tertiary/aromatic N) is 2. The average molecular weight is 299 g/mol. The minimum absolute atomic E-state index is 0.332. The van der Waals surface area contributed by atoms with E-state index in [1.165, 1.54) is 11.6 Å². The molecule has 0 radical (unpaired) electrons. The number of nitrogens with one attached hydrogen (secondary N) is 1. The van der Waals surface area contributed by atoms with Crippen LogP contribution in [-0.2, 0) is 0 Å². The summed E-state index contributed by atoms with van der Waals surface area (Å²) in [7, 11) is 1.90. The summed E-state index contributed by atoms with van der Waals surface area (Å²) in [4.78, 5) is 6.09. The van der Waals surface area contributed by atoms with Crippen molar-refractivity contribution in [2.75, 3.05) is 18.9 Å². The van der Waals surface area contributed by atoms with Crippen molar-refractivity contribution in [3.63, 3.8) is 0 Å². The van der Waals surface area contributed by atoms with Crippen LogP contribution in [0.15, 0.2) is 41.4 Å². The van der Waals surface area contributed by atoms with Crippen LogP contribution in [0.4, 0.5) is 21.5 Å². The molecule has 116 valence electrons. The van der Waals surface area contributed by atoms with Gasteiger partial charge in [0.05, 0.1) is 6.34 Å². The van der Waals surface area contributed by atoms with Crippen LogP contribution >= 0.6 is 0 Å². The summed E-state index contributed by atoms with van der Waals surface area (Å²) in [5, 5.41) is 3.24. The quantitative estimate of drug-likeness (QED) is 0.634. The number of hydrogen-bond acceptors (Lipinski definition) is 2. The Morgan fingerprint density at radius 1 is 1.18 bits per heavy atom. The highest BCUT2D eigenvalue weighted by Gasteiger charge is 2.07. The molecular weight excluding hydrogens is 277 g/mol. The van der Waals surface area contributed by atoms with Gasteiger partial charge in [0, 0.05) is 25.0 Å². The van der Waals surface area contributed by atoms with Crippen LogP contribution in [0, 0.1) is 19.7 Å². The molecule has 0 aliphatic heterocycles. The third kappa shape index (κ3) is 4.07. The van der Waals surface area contributed by atoms with E-state index in [0.717, 1.165) is 23.5 Å². The maximum absolute atomic E-state index is 14.2. The van der Waals surface area contributed by atoms with Crippen molar-refractivity contribution in [3.8, 4) is 0 Å². The second kappa shape index (κ2) is 7.07. The van der Waals surface area contributed by atoms with E-state index in [1.54, 1.807) is 12.4 Å². The highest BCUT2D eigenvalue weighted by Crippen LogP contribution is 2.28. The highest BCUT2D eigenvalue weighted by molar-refractivity contribution is 5.68. The molecule has 0 amide bonds. The third-order valence-corrected chi connectivity index (χ3v) is 3.52. The van der Waals surface area contributed by atoms with Crippen LogP contribution in [0.5, 0.6) is 0 Å². The molecule has 2 aromatic rings. The van der Waals surface area contributed by atoms with Gasteiger partial charge in [0.1, 0.15) is 5.69 Å². The monoisotopic (exact) mass is 299 g/mol. The molecule has 0 atom stereocenters. The first-order chi connectivity index (χ1) is 10.5. The van der Waals surface area contributed by atoms with Crippen LogP contribution in [-0.4, -0.2) is 24.8 Å². The maximum Gasteiger partial charge on any atom is 0.150 e. The van der Waals surface area contributed by atoms with Gasteiger partial charge in [0.15, 0.2) is 5.82 Å². The van der Waals surface area contributed by atoms with Crippen molar-refractivity contribution in [1.29, 1.82) is 0 Å². The molecule has 0 saturated carbocycles. The fourth-order valence-electron chi connectivity index (χ4n) is 1.93. The Bertz CT molecular complexity index is 663. The van der Waals surface area contributed by atoms with Gasteiger partial charge in [-0.1, -0.05) is 17.7 Å². The standard InChI is InChI=1S/C18H22FN3/c1-5-22(4)12-20-18-10-14(3)17(11-16(18)19)21-15-8-6-13(2)7-9-15/h6-12,21H,5H2,1-4H3/b20-12+. The second-order valence-corrected chi connectivity index (χ2v) is 5.43. The normalized spacial score (nSPS) is 11.0. The zero-order chi connectivity index (χ0) is 16.1. The number of anilines is 2. The van der Waals surface area contributed by atoms with Gasteiger partial charge in [0.25, 0.3) is 0 Å². The third-order valence-electron chi connectivity index (χ3n) is 3.52. The highest BCUT2D eigenvalue weighted by atomic mass is 19.1. The number of halogens is 1. The SMILES string of the molecule is CCN(C)/C=N/c1cc(C)c(Nc2ccc(C)cc2)cc1F. The predicted octanol–water partition coefficient (Wildman–Crippen LogP) is 4.80. The number of aryl methyl sites for hydroxylation is 2. The van der Waals surface area contributed by atoms with Crippen molar-refractivity contribution in [2.24, 2.45) is 4.99 Å². The summed E-state index contributed by atoms with van der Waals surface area (Å²) in [6.45, 7) is 6.83.